The number of nitriles is 1. The Morgan fingerprint density at radius 2 is 2.22 bits per heavy atom. The zero-order chi connectivity index (χ0) is 13.0. The van der Waals surface area contributed by atoms with Gasteiger partial charge in [-0.3, -0.25) is 4.79 Å². The molecule has 0 fully saturated rings. The standard InChI is InChI=1S/C13H8BrNO3/c14-10-1-4-13(9(5-10)6-15)17-8-12-3-2-11(7-16)18-12/h1-5,7H,8H2. The fourth-order valence-corrected chi connectivity index (χ4v) is 1.76. The molecule has 18 heavy (non-hydrogen) atoms. The summed E-state index contributed by atoms with van der Waals surface area (Å²) in [5.74, 6) is 1.26. The van der Waals surface area contributed by atoms with Crippen molar-refractivity contribution in [3.8, 4) is 11.8 Å². The molecule has 1 aromatic carbocycles. The van der Waals surface area contributed by atoms with Crippen LogP contribution in [0.3, 0.4) is 0 Å². The third-order valence-electron chi connectivity index (χ3n) is 2.23. The smallest absolute Gasteiger partial charge is 0.185 e. The number of halogens is 1. The Labute approximate surface area is 112 Å². The number of carbonyl (C=O) groups excluding carboxylic acids is 1. The molecule has 0 aliphatic rings. The van der Waals surface area contributed by atoms with Crippen molar-refractivity contribution in [3.63, 3.8) is 0 Å². The maximum absolute atomic E-state index is 10.4. The summed E-state index contributed by atoms with van der Waals surface area (Å²) in [4.78, 5) is 10.4. The summed E-state index contributed by atoms with van der Waals surface area (Å²) in [6.45, 7) is 0.171. The van der Waals surface area contributed by atoms with E-state index in [0.717, 1.165) is 4.47 Å². The van der Waals surface area contributed by atoms with Crippen molar-refractivity contribution in [3.05, 3.63) is 51.9 Å². The Kier molecular flexibility index (Phi) is 3.80. The molecule has 4 nitrogen and oxygen atoms in total. The molecule has 1 heterocycles. The van der Waals surface area contributed by atoms with Crippen LogP contribution in [-0.2, 0) is 6.61 Å². The summed E-state index contributed by atoms with van der Waals surface area (Å²) in [5.41, 5.74) is 0.437. The molecule has 0 aliphatic heterocycles. The maximum Gasteiger partial charge on any atom is 0.185 e. The van der Waals surface area contributed by atoms with Crippen LogP contribution in [0.15, 0.2) is 39.2 Å². The minimum Gasteiger partial charge on any atom is -0.484 e. The molecular formula is C13H8BrNO3. The van der Waals surface area contributed by atoms with Gasteiger partial charge in [-0.15, -0.1) is 0 Å². The van der Waals surface area contributed by atoms with Crippen molar-refractivity contribution in [1.29, 1.82) is 5.26 Å². The molecule has 0 bridgehead atoms. The first-order chi connectivity index (χ1) is 8.72. The number of carbonyl (C=O) groups is 1. The highest BCUT2D eigenvalue weighted by Gasteiger charge is 2.06. The van der Waals surface area contributed by atoms with Gasteiger partial charge in [0.25, 0.3) is 0 Å². The van der Waals surface area contributed by atoms with Gasteiger partial charge in [-0.25, -0.2) is 0 Å². The van der Waals surface area contributed by atoms with Crippen molar-refractivity contribution in [2.75, 3.05) is 0 Å². The van der Waals surface area contributed by atoms with Crippen molar-refractivity contribution in [1.82, 2.24) is 0 Å². The molecule has 5 heteroatoms. The van der Waals surface area contributed by atoms with Gasteiger partial charge in [0, 0.05) is 4.47 Å². The van der Waals surface area contributed by atoms with Crippen LogP contribution in [0.4, 0.5) is 0 Å². The fraction of sp³-hybridized carbons (Fsp3) is 0.0769. The Bertz CT molecular complexity index is 613. The van der Waals surface area contributed by atoms with Crippen molar-refractivity contribution in [2.45, 2.75) is 6.61 Å². The largest absolute Gasteiger partial charge is 0.484 e. The molecular weight excluding hydrogens is 298 g/mol. The number of nitrogens with zero attached hydrogens (tertiary/aromatic N) is 1. The minimum absolute atomic E-state index is 0.171. The Balaban J connectivity index is 2.10. The topological polar surface area (TPSA) is 63.2 Å². The normalized spacial score (nSPS) is 9.78. The second-order valence-corrected chi connectivity index (χ2v) is 4.38. The summed E-state index contributed by atoms with van der Waals surface area (Å²) in [6, 6.07) is 10.4. The van der Waals surface area contributed by atoms with E-state index in [1.54, 1.807) is 30.3 Å². The van der Waals surface area contributed by atoms with Gasteiger partial charge in [0.05, 0.1) is 5.56 Å². The lowest BCUT2D eigenvalue weighted by Gasteiger charge is -2.06. The van der Waals surface area contributed by atoms with Gasteiger partial charge in [-0.05, 0) is 30.3 Å². The molecule has 1 aromatic heterocycles. The van der Waals surface area contributed by atoms with Gasteiger partial charge < -0.3 is 9.15 Å². The summed E-state index contributed by atoms with van der Waals surface area (Å²) in [5, 5.41) is 8.96. The van der Waals surface area contributed by atoms with Crippen LogP contribution >= 0.6 is 15.9 Å². The molecule has 0 unspecified atom stereocenters. The van der Waals surface area contributed by atoms with E-state index in [1.165, 1.54) is 0 Å². The lowest BCUT2D eigenvalue weighted by atomic mass is 10.2. The van der Waals surface area contributed by atoms with Gasteiger partial charge in [0.1, 0.15) is 24.2 Å². The van der Waals surface area contributed by atoms with E-state index >= 15 is 0 Å². The molecule has 0 aliphatic carbocycles. The molecule has 0 saturated carbocycles. The zero-order valence-corrected chi connectivity index (χ0v) is 10.8. The second kappa shape index (κ2) is 5.52. The number of aldehydes is 1. The average Bonchev–Trinajstić information content (AvgIpc) is 2.85. The van der Waals surface area contributed by atoms with E-state index in [-0.39, 0.29) is 12.4 Å². The second-order valence-electron chi connectivity index (χ2n) is 3.46. The lowest BCUT2D eigenvalue weighted by Crippen LogP contribution is -1.96. The Morgan fingerprint density at radius 3 is 2.89 bits per heavy atom. The Morgan fingerprint density at radius 1 is 1.39 bits per heavy atom. The first-order valence-electron chi connectivity index (χ1n) is 5.09. The molecule has 0 saturated heterocycles. The first kappa shape index (κ1) is 12.4. The third kappa shape index (κ3) is 2.79. The Hall–Kier alpha value is -2.06. The summed E-state index contributed by atoms with van der Waals surface area (Å²) < 4.78 is 11.5. The summed E-state index contributed by atoms with van der Waals surface area (Å²) >= 11 is 3.28. The van der Waals surface area contributed by atoms with E-state index in [9.17, 15) is 4.79 Å². The zero-order valence-electron chi connectivity index (χ0n) is 9.22. The third-order valence-corrected chi connectivity index (χ3v) is 2.72. The van der Waals surface area contributed by atoms with Crippen LogP contribution in [0.1, 0.15) is 21.9 Å². The van der Waals surface area contributed by atoms with Crippen LogP contribution in [0, 0.1) is 11.3 Å². The molecule has 0 N–H and O–H groups in total. The number of benzene rings is 1. The first-order valence-corrected chi connectivity index (χ1v) is 5.88. The van der Waals surface area contributed by atoms with E-state index < -0.39 is 0 Å². The van der Waals surface area contributed by atoms with E-state index in [4.69, 9.17) is 14.4 Å². The number of ether oxygens (including phenoxy) is 1. The predicted molar refractivity (Wildman–Crippen MR) is 67.3 cm³/mol. The van der Waals surface area contributed by atoms with Crippen molar-refractivity contribution in [2.24, 2.45) is 0 Å². The van der Waals surface area contributed by atoms with Gasteiger partial charge >= 0.3 is 0 Å². The minimum atomic E-state index is 0.171. The highest BCUT2D eigenvalue weighted by atomic mass is 79.9. The highest BCUT2D eigenvalue weighted by molar-refractivity contribution is 9.10. The van der Waals surface area contributed by atoms with Gasteiger partial charge in [0.2, 0.25) is 0 Å². The summed E-state index contributed by atoms with van der Waals surface area (Å²) in [7, 11) is 0. The molecule has 90 valence electrons. The maximum atomic E-state index is 10.4. The monoisotopic (exact) mass is 305 g/mol. The fourth-order valence-electron chi connectivity index (χ4n) is 1.40. The van der Waals surface area contributed by atoms with Crippen molar-refractivity contribution < 1.29 is 13.9 Å². The lowest BCUT2D eigenvalue weighted by molar-refractivity contribution is 0.109. The SMILES string of the molecule is N#Cc1cc(Br)ccc1OCc1ccc(C=O)o1. The van der Waals surface area contributed by atoms with Crippen molar-refractivity contribution >= 4 is 22.2 Å². The highest BCUT2D eigenvalue weighted by Crippen LogP contribution is 2.23. The van der Waals surface area contributed by atoms with Crippen LogP contribution in [0.25, 0.3) is 0 Å². The number of hydrogen-bond donors (Lipinski definition) is 0. The van der Waals surface area contributed by atoms with Crippen LogP contribution in [-0.4, -0.2) is 6.29 Å². The predicted octanol–water partition coefficient (Wildman–Crippen LogP) is 3.31. The van der Waals surface area contributed by atoms with Crippen LogP contribution in [0.2, 0.25) is 0 Å². The van der Waals surface area contributed by atoms with Gasteiger partial charge in [-0.2, -0.15) is 5.26 Å². The molecule has 2 rings (SSSR count). The number of rotatable bonds is 4. The van der Waals surface area contributed by atoms with Crippen LogP contribution in [0.5, 0.6) is 5.75 Å². The number of hydrogen-bond acceptors (Lipinski definition) is 4. The van der Waals surface area contributed by atoms with Crippen LogP contribution < -0.4 is 4.74 Å². The van der Waals surface area contributed by atoms with E-state index in [1.807, 2.05) is 6.07 Å². The van der Waals surface area contributed by atoms with Gasteiger partial charge in [-0.1, -0.05) is 15.9 Å². The quantitative estimate of drug-likeness (QED) is 0.813. The molecule has 2 aromatic rings. The molecule has 0 amide bonds. The van der Waals surface area contributed by atoms with E-state index in [2.05, 4.69) is 15.9 Å². The average molecular weight is 306 g/mol. The molecule has 0 radical (unpaired) electrons. The van der Waals surface area contributed by atoms with E-state index in [0.29, 0.717) is 23.4 Å². The molecule has 0 atom stereocenters. The van der Waals surface area contributed by atoms with Gasteiger partial charge in [0.15, 0.2) is 12.0 Å². The number of furan rings is 1. The molecule has 0 spiro atoms. The summed E-state index contributed by atoms with van der Waals surface area (Å²) in [6.07, 6.45) is 0.629.